The number of benzene rings is 4. The van der Waals surface area contributed by atoms with Crippen LogP contribution in [0.5, 0.6) is 0 Å². The zero-order chi connectivity index (χ0) is 25.7. The van der Waals surface area contributed by atoms with Gasteiger partial charge in [0.2, 0.25) is 5.91 Å². The fraction of sp³-hybridized carbons (Fsp3) is 0.143. The van der Waals surface area contributed by atoms with Crippen molar-refractivity contribution < 1.29 is 14.5 Å². The van der Waals surface area contributed by atoms with E-state index in [9.17, 15) is 19.7 Å². The van der Waals surface area contributed by atoms with E-state index in [2.05, 4.69) is 16.2 Å². The van der Waals surface area contributed by atoms with Crippen molar-refractivity contribution in [3.63, 3.8) is 0 Å². The maximum atomic E-state index is 13.2. The Hall–Kier alpha value is -4.72. The smallest absolute Gasteiger partial charge is 0.269 e. The average Bonchev–Trinajstić information content (AvgIpc) is 2.89. The van der Waals surface area contributed by atoms with Crippen molar-refractivity contribution in [2.24, 2.45) is 0 Å². The lowest BCUT2D eigenvalue weighted by molar-refractivity contribution is -0.384. The summed E-state index contributed by atoms with van der Waals surface area (Å²) >= 11 is 0. The van der Waals surface area contributed by atoms with E-state index in [1.165, 1.54) is 24.3 Å². The lowest BCUT2D eigenvalue weighted by Crippen LogP contribution is -2.39. The van der Waals surface area contributed by atoms with E-state index in [0.717, 1.165) is 21.9 Å². The molecule has 0 spiro atoms. The fourth-order valence-corrected chi connectivity index (χ4v) is 3.94. The molecule has 36 heavy (non-hydrogen) atoms. The number of nitro groups is 1. The van der Waals surface area contributed by atoms with Crippen molar-refractivity contribution in [3.05, 3.63) is 117 Å². The van der Waals surface area contributed by atoms with Crippen molar-refractivity contribution in [1.82, 2.24) is 10.7 Å². The zero-order valence-corrected chi connectivity index (χ0v) is 19.9. The minimum atomic E-state index is -0.788. The highest BCUT2D eigenvalue weighted by Gasteiger charge is 2.23. The largest absolute Gasteiger partial charge is 0.351 e. The van der Waals surface area contributed by atoms with Gasteiger partial charge in [0.15, 0.2) is 0 Å². The molecule has 1 atom stereocenters. The van der Waals surface area contributed by atoms with Crippen LogP contribution in [-0.4, -0.2) is 23.3 Å². The Kier molecular flexibility index (Phi) is 7.25. The van der Waals surface area contributed by atoms with E-state index in [-0.39, 0.29) is 24.0 Å². The lowest BCUT2D eigenvalue weighted by Gasteiger charge is -2.19. The van der Waals surface area contributed by atoms with Crippen LogP contribution in [0.25, 0.3) is 10.8 Å². The third-order valence-electron chi connectivity index (χ3n) is 6.16. The van der Waals surface area contributed by atoms with Crippen LogP contribution in [0.3, 0.4) is 0 Å². The van der Waals surface area contributed by atoms with Crippen LogP contribution in [0.15, 0.2) is 84.9 Å². The van der Waals surface area contributed by atoms with Gasteiger partial charge in [-0.05, 0) is 59.5 Å². The van der Waals surface area contributed by atoms with Crippen molar-refractivity contribution >= 4 is 34.0 Å². The summed E-state index contributed by atoms with van der Waals surface area (Å²) in [5.74, 6) is -1.49. The molecule has 0 saturated carbocycles. The van der Waals surface area contributed by atoms with Crippen LogP contribution in [-0.2, 0) is 4.79 Å². The van der Waals surface area contributed by atoms with Gasteiger partial charge in [0.1, 0.15) is 0 Å². The van der Waals surface area contributed by atoms with E-state index in [0.29, 0.717) is 16.8 Å². The monoisotopic (exact) mass is 482 g/mol. The first-order valence-electron chi connectivity index (χ1n) is 11.5. The second kappa shape index (κ2) is 10.7. The number of carbonyl (C=O) groups is 2. The number of fused-ring (bicyclic) bond motifs is 1. The molecule has 4 aromatic carbocycles. The number of aryl methyl sites for hydroxylation is 2. The predicted molar refractivity (Wildman–Crippen MR) is 140 cm³/mol. The molecule has 0 aliphatic rings. The molecule has 0 aliphatic heterocycles. The number of amides is 2. The highest BCUT2D eigenvalue weighted by atomic mass is 16.6. The summed E-state index contributed by atoms with van der Waals surface area (Å²) in [4.78, 5) is 36.8. The molecular formula is C28H26N4O4. The van der Waals surface area contributed by atoms with Gasteiger partial charge in [-0.2, -0.15) is 0 Å². The summed E-state index contributed by atoms with van der Waals surface area (Å²) in [6.45, 7) is 3.98. The van der Waals surface area contributed by atoms with E-state index >= 15 is 0 Å². The molecule has 3 N–H and O–H groups in total. The van der Waals surface area contributed by atoms with Crippen molar-refractivity contribution in [2.45, 2.75) is 19.8 Å². The molecule has 8 nitrogen and oxygen atoms in total. The molecular weight excluding hydrogens is 456 g/mol. The van der Waals surface area contributed by atoms with E-state index in [1.807, 2.05) is 68.4 Å². The van der Waals surface area contributed by atoms with Crippen molar-refractivity contribution in [1.29, 1.82) is 0 Å². The average molecular weight is 483 g/mol. The van der Waals surface area contributed by atoms with Gasteiger partial charge in [0, 0.05) is 24.2 Å². The predicted octanol–water partition coefficient (Wildman–Crippen LogP) is 5.02. The van der Waals surface area contributed by atoms with Crippen LogP contribution in [0.2, 0.25) is 0 Å². The van der Waals surface area contributed by atoms with Gasteiger partial charge in [-0.1, -0.05) is 54.6 Å². The molecule has 1 unspecified atom stereocenters. The van der Waals surface area contributed by atoms with E-state index < -0.39 is 10.8 Å². The Morgan fingerprint density at radius 2 is 1.61 bits per heavy atom. The first-order chi connectivity index (χ1) is 17.3. The van der Waals surface area contributed by atoms with E-state index in [1.54, 1.807) is 6.07 Å². The summed E-state index contributed by atoms with van der Waals surface area (Å²) < 4.78 is 0. The molecule has 4 aromatic rings. The van der Waals surface area contributed by atoms with Crippen molar-refractivity contribution in [2.75, 3.05) is 12.0 Å². The highest BCUT2D eigenvalue weighted by Crippen LogP contribution is 2.22. The Morgan fingerprint density at radius 3 is 2.33 bits per heavy atom. The first-order valence-corrected chi connectivity index (χ1v) is 11.5. The van der Waals surface area contributed by atoms with Gasteiger partial charge in [-0.15, -0.1) is 0 Å². The second-order valence-electron chi connectivity index (χ2n) is 8.55. The standard InChI is InChI=1S/C28H26N4O4/c1-18-10-13-22(16-19(18)2)30-31-28(34)26(21-11-14-23(15-12-21)32(35)36)17-29-27(33)25-9-5-7-20-6-3-4-8-24(20)25/h3-16,26,30H,17H2,1-2H3,(H,29,33)(H,31,34). The Bertz CT molecular complexity index is 1430. The molecule has 0 aliphatic carbocycles. The Labute approximate surface area is 208 Å². The quantitative estimate of drug-likeness (QED) is 0.241. The molecule has 0 aromatic heterocycles. The Balaban J connectivity index is 1.54. The number of hydrogen-bond acceptors (Lipinski definition) is 5. The summed E-state index contributed by atoms with van der Waals surface area (Å²) in [5.41, 5.74) is 9.50. The lowest BCUT2D eigenvalue weighted by atomic mass is 9.97. The number of nitro benzene ring substituents is 1. The van der Waals surface area contributed by atoms with Gasteiger partial charge >= 0.3 is 0 Å². The maximum absolute atomic E-state index is 13.2. The normalized spacial score (nSPS) is 11.5. The van der Waals surface area contributed by atoms with E-state index in [4.69, 9.17) is 0 Å². The summed E-state index contributed by atoms with van der Waals surface area (Å²) in [6.07, 6.45) is 0. The SMILES string of the molecule is Cc1ccc(NNC(=O)C(CNC(=O)c2cccc3ccccc23)c2ccc([N+](=O)[O-])cc2)cc1C. The molecule has 0 fully saturated rings. The molecule has 8 heteroatoms. The molecule has 0 bridgehead atoms. The second-order valence-corrected chi connectivity index (χ2v) is 8.55. The number of carbonyl (C=O) groups excluding carboxylic acids is 2. The molecule has 0 saturated heterocycles. The summed E-state index contributed by atoms with van der Waals surface area (Å²) in [6, 6.07) is 24.5. The molecule has 0 heterocycles. The van der Waals surface area contributed by atoms with Crippen LogP contribution in [0.1, 0.15) is 33.0 Å². The first kappa shape index (κ1) is 24.4. The number of nitrogens with one attached hydrogen (secondary N) is 3. The maximum Gasteiger partial charge on any atom is 0.269 e. The third-order valence-corrected chi connectivity index (χ3v) is 6.16. The number of nitrogens with zero attached hydrogens (tertiary/aromatic N) is 1. The number of non-ortho nitro benzene ring substituents is 1. The highest BCUT2D eigenvalue weighted by molar-refractivity contribution is 6.07. The third kappa shape index (κ3) is 5.50. The minimum absolute atomic E-state index is 0.000302. The molecule has 2 amide bonds. The number of rotatable bonds is 8. The van der Waals surface area contributed by atoms with Gasteiger partial charge < -0.3 is 5.32 Å². The van der Waals surface area contributed by atoms with Gasteiger partial charge in [-0.3, -0.25) is 30.6 Å². The van der Waals surface area contributed by atoms with Crippen LogP contribution < -0.4 is 16.2 Å². The minimum Gasteiger partial charge on any atom is -0.351 e. The Morgan fingerprint density at radius 1 is 0.889 bits per heavy atom. The van der Waals surface area contributed by atoms with Crippen LogP contribution in [0, 0.1) is 24.0 Å². The topological polar surface area (TPSA) is 113 Å². The number of anilines is 1. The summed E-state index contributed by atoms with van der Waals surface area (Å²) in [5, 5.41) is 15.7. The molecule has 4 rings (SSSR count). The summed E-state index contributed by atoms with van der Waals surface area (Å²) in [7, 11) is 0. The van der Waals surface area contributed by atoms with Gasteiger partial charge in [0.25, 0.3) is 11.6 Å². The number of hydrazine groups is 1. The fourth-order valence-electron chi connectivity index (χ4n) is 3.94. The zero-order valence-electron chi connectivity index (χ0n) is 19.9. The van der Waals surface area contributed by atoms with Gasteiger partial charge in [0.05, 0.1) is 16.5 Å². The van der Waals surface area contributed by atoms with Crippen LogP contribution >= 0.6 is 0 Å². The van der Waals surface area contributed by atoms with Crippen molar-refractivity contribution in [3.8, 4) is 0 Å². The molecule has 182 valence electrons. The number of hydrogen-bond donors (Lipinski definition) is 3. The van der Waals surface area contributed by atoms with Crippen LogP contribution in [0.4, 0.5) is 11.4 Å². The molecule has 0 radical (unpaired) electrons. The van der Waals surface area contributed by atoms with Gasteiger partial charge in [-0.25, -0.2) is 0 Å².